The molecule has 3 aromatic heterocycles. The number of methoxy groups -OCH3 is 1. The van der Waals surface area contributed by atoms with Crippen molar-refractivity contribution < 1.29 is 37.1 Å². The molecule has 3 aliphatic rings. The third-order valence-electron chi connectivity index (χ3n) is 9.22. The molecule has 2 aromatic carbocycles. The van der Waals surface area contributed by atoms with Crippen LogP contribution >= 0.6 is 0 Å². The summed E-state index contributed by atoms with van der Waals surface area (Å²) in [6, 6.07) is 15.7. The lowest BCUT2D eigenvalue weighted by molar-refractivity contribution is -0.141. The number of aromatic nitrogens is 3. The minimum absolute atomic E-state index is 0.0502. The van der Waals surface area contributed by atoms with E-state index < -0.39 is 57.9 Å². The molecule has 1 saturated carbocycles. The van der Waals surface area contributed by atoms with Gasteiger partial charge < -0.3 is 20.0 Å². The number of benzene rings is 2. The Morgan fingerprint density at radius 2 is 1.80 bits per heavy atom. The number of aromatic amines is 2. The van der Waals surface area contributed by atoms with Crippen molar-refractivity contribution >= 4 is 56.5 Å². The fourth-order valence-electron chi connectivity index (χ4n) is 7.06. The van der Waals surface area contributed by atoms with Gasteiger partial charge in [0.05, 0.1) is 24.1 Å². The van der Waals surface area contributed by atoms with Gasteiger partial charge in [-0.15, -0.1) is 0 Å². The number of carbonyl (C=O) groups is 4. The zero-order chi connectivity index (χ0) is 32.1. The molecule has 1 aliphatic heterocycles. The van der Waals surface area contributed by atoms with Crippen molar-refractivity contribution in [2.24, 2.45) is 16.8 Å². The van der Waals surface area contributed by atoms with E-state index in [1.807, 2.05) is 24.3 Å². The summed E-state index contributed by atoms with van der Waals surface area (Å²) in [5, 5.41) is 5.11. The Morgan fingerprint density at radius 3 is 2.54 bits per heavy atom. The fourth-order valence-corrected chi connectivity index (χ4v) is 7.06. The van der Waals surface area contributed by atoms with Crippen LogP contribution < -0.4 is 5.32 Å². The number of rotatable bonds is 5. The van der Waals surface area contributed by atoms with E-state index in [0.29, 0.717) is 23.0 Å². The zero-order valence-electron chi connectivity index (χ0n) is 23.9. The number of alkyl halides is 3. The van der Waals surface area contributed by atoms with Crippen molar-refractivity contribution in [3.8, 4) is 0 Å². The molecule has 0 bridgehead atoms. The molecule has 5 aromatic rings. The number of fused-ring (bicyclic) bond motifs is 3. The minimum atomic E-state index is -4.98. The lowest BCUT2D eigenvalue weighted by atomic mass is 9.71. The summed E-state index contributed by atoms with van der Waals surface area (Å²) >= 11 is 0. The van der Waals surface area contributed by atoms with Gasteiger partial charge in [-0.05, 0) is 48.1 Å². The largest absolute Gasteiger partial charge is 0.465 e. The van der Waals surface area contributed by atoms with Crippen molar-refractivity contribution in [1.29, 1.82) is 0 Å². The van der Waals surface area contributed by atoms with Gasteiger partial charge >= 0.3 is 12.1 Å². The predicted octanol–water partition coefficient (Wildman–Crippen LogP) is 5.51. The van der Waals surface area contributed by atoms with Crippen LogP contribution in [0.5, 0.6) is 0 Å². The van der Waals surface area contributed by atoms with Crippen LogP contribution in [0.1, 0.15) is 59.5 Å². The van der Waals surface area contributed by atoms with E-state index in [2.05, 4.69) is 30.0 Å². The molecule has 13 heteroatoms. The molecular formula is C33H22F3N5O5. The number of hydrogen-bond donors (Lipinski definition) is 3. The van der Waals surface area contributed by atoms with Gasteiger partial charge in [0.2, 0.25) is 0 Å². The molecule has 3 unspecified atom stereocenters. The Kier molecular flexibility index (Phi) is 5.74. The van der Waals surface area contributed by atoms with E-state index in [1.165, 1.54) is 6.07 Å². The molecule has 0 saturated heterocycles. The number of esters is 1. The summed E-state index contributed by atoms with van der Waals surface area (Å²) in [4.78, 5) is 67.3. The van der Waals surface area contributed by atoms with Gasteiger partial charge in [-0.1, -0.05) is 24.3 Å². The van der Waals surface area contributed by atoms with Crippen molar-refractivity contribution in [3.05, 3.63) is 94.7 Å². The molecule has 3 N–H and O–H groups in total. The number of H-pyrrole nitrogens is 2. The number of pyridine rings is 1. The number of carbonyl (C=O) groups excluding carboxylic acids is 4. The summed E-state index contributed by atoms with van der Waals surface area (Å²) in [5.74, 6) is -4.92. The SMILES string of the molecule is COC(=O)c1c(C(F)(F)F)[nH]c2c1C13CC1CN=C3C(C(=O)c1cc3cc(NC(=O)c4cc5ccccc5cn4)ccc3[nH]1)C2=O. The highest BCUT2D eigenvalue weighted by Gasteiger charge is 2.70. The Balaban J connectivity index is 1.13. The quantitative estimate of drug-likeness (QED) is 0.133. The number of ketones is 2. The smallest absolute Gasteiger partial charge is 0.432 e. The predicted molar refractivity (Wildman–Crippen MR) is 159 cm³/mol. The topological polar surface area (TPSA) is 146 Å². The fraction of sp³-hybridized carbons (Fsp3) is 0.212. The lowest BCUT2D eigenvalue weighted by Crippen LogP contribution is -2.44. The second kappa shape index (κ2) is 9.46. The molecule has 10 nitrogen and oxygen atoms in total. The highest BCUT2D eigenvalue weighted by Crippen LogP contribution is 2.64. The molecule has 2 aliphatic carbocycles. The first-order valence-corrected chi connectivity index (χ1v) is 14.4. The first kappa shape index (κ1) is 27.9. The van der Waals surface area contributed by atoms with Crippen LogP contribution in [-0.2, 0) is 16.3 Å². The van der Waals surface area contributed by atoms with Gasteiger partial charge in [-0.25, -0.2) is 4.79 Å². The standard InChI is InChI=1S/C33H22F3N5O5/c1-46-31(45)22-24-25(41-29(22)33(34,35)36)27(43)23(28-32(24)11-17(32)13-38-28)26(42)20-10-16-8-18(6-7-19(16)40-20)39-30(44)21-9-14-4-2-3-5-15(14)12-37-21/h2-10,12,17,23,40-41H,11,13H2,1H3,(H,39,44). The Morgan fingerprint density at radius 1 is 1.02 bits per heavy atom. The van der Waals surface area contributed by atoms with Gasteiger partial charge in [0.1, 0.15) is 17.3 Å². The Hall–Kier alpha value is -5.59. The van der Waals surface area contributed by atoms with Crippen LogP contribution in [0.2, 0.25) is 0 Å². The summed E-state index contributed by atoms with van der Waals surface area (Å²) < 4.78 is 46.9. The molecule has 3 atom stereocenters. The molecule has 1 spiro atoms. The third-order valence-corrected chi connectivity index (χ3v) is 9.22. The highest BCUT2D eigenvalue weighted by molar-refractivity contribution is 6.35. The molecule has 0 radical (unpaired) electrons. The minimum Gasteiger partial charge on any atom is -0.465 e. The molecule has 1 amide bonds. The number of halogens is 3. The number of ether oxygens (including phenoxy) is 1. The van der Waals surface area contributed by atoms with Crippen LogP contribution in [0.4, 0.5) is 18.9 Å². The van der Waals surface area contributed by atoms with E-state index in [1.54, 1.807) is 30.5 Å². The van der Waals surface area contributed by atoms with E-state index in [-0.39, 0.29) is 35.1 Å². The molecule has 230 valence electrons. The van der Waals surface area contributed by atoms with Crippen LogP contribution in [0.3, 0.4) is 0 Å². The monoisotopic (exact) mass is 625 g/mol. The first-order valence-electron chi connectivity index (χ1n) is 14.4. The number of nitrogens with one attached hydrogen (secondary N) is 3. The molecule has 8 rings (SSSR count). The summed E-state index contributed by atoms with van der Waals surface area (Å²) in [5.41, 5.74) is -2.33. The van der Waals surface area contributed by atoms with Crippen molar-refractivity contribution in [2.75, 3.05) is 19.0 Å². The van der Waals surface area contributed by atoms with Crippen LogP contribution in [0.25, 0.3) is 21.7 Å². The molecule has 4 heterocycles. The second-order valence-corrected chi connectivity index (χ2v) is 11.7. The maximum absolute atomic E-state index is 14.1. The number of hydrogen-bond acceptors (Lipinski definition) is 7. The van der Waals surface area contributed by atoms with Crippen LogP contribution in [0, 0.1) is 11.8 Å². The Labute approximate surface area is 257 Å². The summed E-state index contributed by atoms with van der Waals surface area (Å²) in [6.45, 7) is 0.223. The van der Waals surface area contributed by atoms with E-state index in [0.717, 1.165) is 17.9 Å². The Bertz CT molecular complexity index is 2230. The average molecular weight is 626 g/mol. The maximum Gasteiger partial charge on any atom is 0.432 e. The van der Waals surface area contributed by atoms with E-state index >= 15 is 0 Å². The second-order valence-electron chi connectivity index (χ2n) is 11.7. The van der Waals surface area contributed by atoms with Gasteiger partial charge in [-0.2, -0.15) is 13.2 Å². The first-order chi connectivity index (χ1) is 22.0. The molecule has 1 fully saturated rings. The lowest BCUT2D eigenvalue weighted by Gasteiger charge is -2.29. The number of aliphatic imine (C=N–C) groups is 1. The summed E-state index contributed by atoms with van der Waals surface area (Å²) in [7, 11) is 0.970. The van der Waals surface area contributed by atoms with Gasteiger partial charge in [0, 0.05) is 51.4 Å². The van der Waals surface area contributed by atoms with Gasteiger partial charge in [0.25, 0.3) is 5.91 Å². The van der Waals surface area contributed by atoms with Crippen molar-refractivity contribution in [1.82, 2.24) is 15.0 Å². The number of Topliss-reactive ketones (excluding diaryl/α,β-unsaturated/α-hetero) is 2. The van der Waals surface area contributed by atoms with E-state index in [4.69, 9.17) is 0 Å². The van der Waals surface area contributed by atoms with Gasteiger partial charge in [-0.3, -0.25) is 24.4 Å². The maximum atomic E-state index is 14.1. The summed E-state index contributed by atoms with van der Waals surface area (Å²) in [6.07, 6.45) is -3.01. The number of nitrogens with zero attached hydrogens (tertiary/aromatic N) is 2. The molecular weight excluding hydrogens is 603 g/mol. The normalized spacial score (nSPS) is 21.4. The third kappa shape index (κ3) is 3.90. The van der Waals surface area contributed by atoms with Crippen molar-refractivity contribution in [2.45, 2.75) is 18.0 Å². The highest BCUT2D eigenvalue weighted by atomic mass is 19.4. The zero-order valence-corrected chi connectivity index (χ0v) is 23.9. The van der Waals surface area contributed by atoms with Crippen LogP contribution in [-0.4, -0.2) is 57.8 Å². The number of anilines is 1. The van der Waals surface area contributed by atoms with Crippen molar-refractivity contribution in [3.63, 3.8) is 0 Å². The van der Waals surface area contributed by atoms with Gasteiger partial charge in [0.15, 0.2) is 11.6 Å². The van der Waals surface area contributed by atoms with E-state index in [9.17, 15) is 32.3 Å². The average Bonchev–Trinajstić information content (AvgIpc) is 3.34. The number of amides is 1. The molecule has 46 heavy (non-hydrogen) atoms. The van der Waals surface area contributed by atoms with Crippen LogP contribution in [0.15, 0.2) is 65.8 Å².